The molecule has 4 nitrogen and oxygen atoms in total. The molecule has 4 heteroatoms. The van der Waals surface area contributed by atoms with Crippen molar-refractivity contribution in [2.45, 2.75) is 25.0 Å². The maximum atomic E-state index is 10.9. The number of carbonyl (C=O) groups is 1. The van der Waals surface area contributed by atoms with Crippen molar-refractivity contribution in [2.24, 2.45) is 0 Å². The van der Waals surface area contributed by atoms with Gasteiger partial charge in [0, 0.05) is 12.2 Å². The van der Waals surface area contributed by atoms with Crippen LogP contribution in [0, 0.1) is 0 Å². The van der Waals surface area contributed by atoms with Crippen LogP contribution in [0.5, 0.6) is 0 Å². The molecule has 2 aliphatic heterocycles. The van der Waals surface area contributed by atoms with Gasteiger partial charge < -0.3 is 14.7 Å². The molecule has 0 saturated carbocycles. The summed E-state index contributed by atoms with van der Waals surface area (Å²) in [5.74, 6) is -0.780. The minimum absolute atomic E-state index is 0.0882. The van der Waals surface area contributed by atoms with Crippen LogP contribution < -0.4 is 4.90 Å². The fraction of sp³-hybridized carbons (Fsp3) is 0.462. The molecule has 2 bridgehead atoms. The summed E-state index contributed by atoms with van der Waals surface area (Å²) in [6.45, 7) is 1.66. The van der Waals surface area contributed by atoms with Crippen molar-refractivity contribution in [3.05, 3.63) is 29.8 Å². The summed E-state index contributed by atoms with van der Waals surface area (Å²) in [6.07, 6.45) is 1.49. The molecule has 0 aromatic heterocycles. The number of benzene rings is 1. The molecule has 3 rings (SSSR count). The molecular formula is C13H15NO3. The molecule has 2 saturated heterocycles. The van der Waals surface area contributed by atoms with E-state index in [0.717, 1.165) is 30.8 Å². The van der Waals surface area contributed by atoms with Gasteiger partial charge in [-0.05, 0) is 18.1 Å². The first-order valence-electron chi connectivity index (χ1n) is 5.92. The molecular weight excluding hydrogens is 218 g/mol. The van der Waals surface area contributed by atoms with Crippen molar-refractivity contribution in [3.8, 4) is 0 Å². The summed E-state index contributed by atoms with van der Waals surface area (Å²) in [7, 11) is 0. The predicted molar refractivity (Wildman–Crippen MR) is 63.3 cm³/mol. The van der Waals surface area contributed by atoms with Gasteiger partial charge in [-0.15, -0.1) is 0 Å². The molecule has 90 valence electrons. The minimum Gasteiger partial charge on any atom is -0.481 e. The lowest BCUT2D eigenvalue weighted by Crippen LogP contribution is -2.37. The quantitative estimate of drug-likeness (QED) is 0.854. The highest BCUT2D eigenvalue weighted by Gasteiger charge is 2.39. The minimum atomic E-state index is -0.780. The average molecular weight is 233 g/mol. The monoisotopic (exact) mass is 233 g/mol. The Kier molecular flexibility index (Phi) is 2.52. The van der Waals surface area contributed by atoms with Crippen molar-refractivity contribution >= 4 is 11.7 Å². The molecule has 0 amide bonds. The zero-order valence-electron chi connectivity index (χ0n) is 9.50. The van der Waals surface area contributed by atoms with E-state index in [2.05, 4.69) is 4.90 Å². The van der Waals surface area contributed by atoms with E-state index in [0.29, 0.717) is 12.1 Å². The molecule has 2 heterocycles. The lowest BCUT2D eigenvalue weighted by molar-refractivity contribution is -0.136. The van der Waals surface area contributed by atoms with Gasteiger partial charge >= 0.3 is 5.97 Å². The summed E-state index contributed by atoms with van der Waals surface area (Å²) >= 11 is 0. The molecule has 0 spiro atoms. The van der Waals surface area contributed by atoms with Crippen molar-refractivity contribution in [2.75, 3.05) is 18.1 Å². The summed E-state index contributed by atoms with van der Waals surface area (Å²) < 4.78 is 5.57. The van der Waals surface area contributed by atoms with Crippen molar-refractivity contribution in [3.63, 3.8) is 0 Å². The van der Waals surface area contributed by atoms with E-state index in [1.54, 1.807) is 0 Å². The van der Waals surface area contributed by atoms with Crippen LogP contribution in [0.15, 0.2) is 24.3 Å². The van der Waals surface area contributed by atoms with E-state index in [4.69, 9.17) is 9.84 Å². The average Bonchev–Trinajstić information content (AvgIpc) is 2.90. The SMILES string of the molecule is O=C(O)Cc1ccccc1N1CC2CC1CO2. The number of aliphatic carboxylic acids is 1. The van der Waals surface area contributed by atoms with Gasteiger partial charge in [-0.1, -0.05) is 18.2 Å². The second-order valence-corrected chi connectivity index (χ2v) is 4.70. The Bertz CT molecular complexity index is 446. The maximum Gasteiger partial charge on any atom is 0.307 e. The van der Waals surface area contributed by atoms with Crippen molar-refractivity contribution < 1.29 is 14.6 Å². The Balaban J connectivity index is 1.89. The number of carboxylic acids is 1. The number of hydrogen-bond donors (Lipinski definition) is 1. The molecule has 2 atom stereocenters. The lowest BCUT2D eigenvalue weighted by atomic mass is 10.1. The fourth-order valence-corrected chi connectivity index (χ4v) is 2.80. The van der Waals surface area contributed by atoms with Gasteiger partial charge in [0.05, 0.1) is 25.2 Å². The Morgan fingerprint density at radius 1 is 1.47 bits per heavy atom. The van der Waals surface area contributed by atoms with E-state index in [-0.39, 0.29) is 6.42 Å². The zero-order valence-corrected chi connectivity index (χ0v) is 9.50. The first-order chi connectivity index (χ1) is 8.24. The number of anilines is 1. The normalized spacial score (nSPS) is 26.5. The Morgan fingerprint density at radius 2 is 2.29 bits per heavy atom. The highest BCUT2D eigenvalue weighted by Crippen LogP contribution is 2.34. The second kappa shape index (κ2) is 4.04. The van der Waals surface area contributed by atoms with Crippen LogP contribution in [0.4, 0.5) is 5.69 Å². The van der Waals surface area contributed by atoms with Crippen LogP contribution in [0.3, 0.4) is 0 Å². The van der Waals surface area contributed by atoms with Gasteiger partial charge in [-0.2, -0.15) is 0 Å². The lowest BCUT2D eigenvalue weighted by Gasteiger charge is -2.30. The summed E-state index contributed by atoms with van der Waals surface area (Å²) in [4.78, 5) is 13.2. The van der Waals surface area contributed by atoms with E-state index >= 15 is 0 Å². The Labute approximate surface area is 99.8 Å². The standard InChI is InChI=1S/C13H15NO3/c15-13(16)5-9-3-1-2-4-12(9)14-7-11-6-10(14)8-17-11/h1-4,10-11H,5-8H2,(H,15,16). The van der Waals surface area contributed by atoms with E-state index < -0.39 is 5.97 Å². The maximum absolute atomic E-state index is 10.9. The molecule has 17 heavy (non-hydrogen) atoms. The first-order valence-corrected chi connectivity index (χ1v) is 5.92. The van der Waals surface area contributed by atoms with E-state index in [1.165, 1.54) is 0 Å². The van der Waals surface area contributed by atoms with Crippen molar-refractivity contribution in [1.29, 1.82) is 0 Å². The molecule has 2 unspecified atom stereocenters. The number of para-hydroxylation sites is 1. The number of morpholine rings is 1. The van der Waals surface area contributed by atoms with Crippen LogP contribution in [-0.2, 0) is 16.0 Å². The molecule has 1 aromatic rings. The number of rotatable bonds is 3. The van der Waals surface area contributed by atoms with Gasteiger partial charge in [0.1, 0.15) is 0 Å². The molecule has 2 aliphatic rings. The van der Waals surface area contributed by atoms with E-state index in [1.807, 2.05) is 24.3 Å². The number of nitrogens with zero attached hydrogens (tertiary/aromatic N) is 1. The summed E-state index contributed by atoms with van der Waals surface area (Å²) in [5.41, 5.74) is 1.96. The van der Waals surface area contributed by atoms with Gasteiger partial charge in [0.2, 0.25) is 0 Å². The van der Waals surface area contributed by atoms with Crippen LogP contribution in [-0.4, -0.2) is 36.4 Å². The van der Waals surface area contributed by atoms with Gasteiger partial charge in [0.15, 0.2) is 0 Å². The molecule has 0 radical (unpaired) electrons. The third kappa shape index (κ3) is 1.89. The third-order valence-electron chi connectivity index (χ3n) is 3.54. The van der Waals surface area contributed by atoms with Crippen molar-refractivity contribution in [1.82, 2.24) is 0 Å². The Hall–Kier alpha value is -1.55. The van der Waals surface area contributed by atoms with Crippen LogP contribution >= 0.6 is 0 Å². The topological polar surface area (TPSA) is 49.8 Å². The number of carboxylic acid groups (broad SMARTS) is 1. The summed E-state index contributed by atoms with van der Waals surface area (Å²) in [6, 6.07) is 8.20. The smallest absolute Gasteiger partial charge is 0.307 e. The molecule has 1 aromatic carbocycles. The zero-order chi connectivity index (χ0) is 11.8. The molecule has 1 N–H and O–H groups in total. The second-order valence-electron chi connectivity index (χ2n) is 4.70. The predicted octanol–water partition coefficient (Wildman–Crippen LogP) is 1.29. The van der Waals surface area contributed by atoms with Gasteiger partial charge in [-0.3, -0.25) is 4.79 Å². The van der Waals surface area contributed by atoms with Crippen LogP contribution in [0.2, 0.25) is 0 Å². The Morgan fingerprint density at radius 3 is 2.94 bits per heavy atom. The first kappa shape index (κ1) is 10.6. The largest absolute Gasteiger partial charge is 0.481 e. The highest BCUT2D eigenvalue weighted by atomic mass is 16.5. The van der Waals surface area contributed by atoms with Crippen LogP contribution in [0.1, 0.15) is 12.0 Å². The van der Waals surface area contributed by atoms with Gasteiger partial charge in [-0.25, -0.2) is 0 Å². The third-order valence-corrected chi connectivity index (χ3v) is 3.54. The fourth-order valence-electron chi connectivity index (χ4n) is 2.80. The molecule has 0 aliphatic carbocycles. The number of hydrogen-bond acceptors (Lipinski definition) is 3. The van der Waals surface area contributed by atoms with Crippen LogP contribution in [0.25, 0.3) is 0 Å². The van der Waals surface area contributed by atoms with E-state index in [9.17, 15) is 4.79 Å². The highest BCUT2D eigenvalue weighted by molar-refractivity contribution is 5.74. The number of fused-ring (bicyclic) bond motifs is 2. The van der Waals surface area contributed by atoms with Gasteiger partial charge in [0.25, 0.3) is 0 Å². The summed E-state index contributed by atoms with van der Waals surface area (Å²) in [5, 5.41) is 8.92. The molecule has 2 fully saturated rings. The number of ether oxygens (including phenoxy) is 1.